The van der Waals surface area contributed by atoms with Gasteiger partial charge < -0.3 is 0 Å². The smallest absolute Gasteiger partial charge is 0.162 e. The summed E-state index contributed by atoms with van der Waals surface area (Å²) in [5.41, 5.74) is 2.41. The van der Waals surface area contributed by atoms with Gasteiger partial charge in [-0.15, -0.1) is 0 Å². The van der Waals surface area contributed by atoms with Crippen LogP contribution in [0.4, 0.5) is 0 Å². The molecule has 0 aliphatic heterocycles. The van der Waals surface area contributed by atoms with E-state index in [2.05, 4.69) is 62.4 Å². The van der Waals surface area contributed by atoms with Crippen molar-refractivity contribution in [1.29, 1.82) is 0 Å². The van der Waals surface area contributed by atoms with Gasteiger partial charge in [0.05, 0.1) is 0 Å². The van der Waals surface area contributed by atoms with E-state index in [1.165, 1.54) is 5.56 Å². The van der Waals surface area contributed by atoms with Crippen molar-refractivity contribution >= 4 is 5.78 Å². The number of carbonyl (C=O) groups excluding carboxylic acids is 1. The molecule has 0 amide bonds. The third-order valence-corrected chi connectivity index (χ3v) is 5.23. The first-order chi connectivity index (χ1) is 9.73. The van der Waals surface area contributed by atoms with Crippen LogP contribution in [-0.4, -0.2) is 5.78 Å². The summed E-state index contributed by atoms with van der Waals surface area (Å²) in [6.45, 7) is 4.37. The summed E-state index contributed by atoms with van der Waals surface area (Å²) in [6.07, 6.45) is 9.48. The number of Topliss-reactive ketones (excluding diaryl/α,β-unsaturated/α-hetero) is 1. The molecule has 0 spiro atoms. The molecule has 1 saturated carbocycles. The first kappa shape index (κ1) is 13.4. The molecule has 1 nitrogen and oxygen atoms in total. The zero-order chi connectivity index (χ0) is 14.2. The van der Waals surface area contributed by atoms with Crippen molar-refractivity contribution in [2.24, 2.45) is 11.8 Å². The van der Waals surface area contributed by atoms with Gasteiger partial charge in [0.15, 0.2) is 5.78 Å². The summed E-state index contributed by atoms with van der Waals surface area (Å²) >= 11 is 0. The lowest BCUT2D eigenvalue weighted by atomic mass is 9.64. The maximum Gasteiger partial charge on any atom is 0.162 e. The average Bonchev–Trinajstić information content (AvgIpc) is 2.85. The van der Waals surface area contributed by atoms with Crippen molar-refractivity contribution in [3.8, 4) is 0 Å². The average molecular weight is 266 g/mol. The highest BCUT2D eigenvalue weighted by atomic mass is 16.1. The predicted octanol–water partition coefficient (Wildman–Crippen LogP) is 4.45. The zero-order valence-electron chi connectivity index (χ0n) is 12.3. The van der Waals surface area contributed by atoms with Crippen LogP contribution in [0, 0.1) is 11.8 Å². The number of hydrogen-bond acceptors (Lipinski definition) is 1. The van der Waals surface area contributed by atoms with E-state index in [1.54, 1.807) is 0 Å². The lowest BCUT2D eigenvalue weighted by Crippen LogP contribution is -2.34. The van der Waals surface area contributed by atoms with Gasteiger partial charge in [-0.25, -0.2) is 0 Å². The molecule has 0 saturated heterocycles. The Labute approximate surface area is 121 Å². The van der Waals surface area contributed by atoms with Gasteiger partial charge in [-0.1, -0.05) is 62.4 Å². The van der Waals surface area contributed by atoms with Gasteiger partial charge >= 0.3 is 0 Å². The second kappa shape index (κ2) is 5.05. The molecule has 20 heavy (non-hydrogen) atoms. The summed E-state index contributed by atoms with van der Waals surface area (Å²) < 4.78 is 0. The van der Waals surface area contributed by atoms with Crippen molar-refractivity contribution in [2.75, 3.05) is 0 Å². The van der Waals surface area contributed by atoms with Gasteiger partial charge in [0.2, 0.25) is 0 Å². The van der Waals surface area contributed by atoms with Crippen molar-refractivity contribution in [3.05, 3.63) is 59.7 Å². The molecule has 0 bridgehead atoms. The largest absolute Gasteiger partial charge is 0.294 e. The molecule has 2 aliphatic carbocycles. The number of rotatable bonds is 3. The van der Waals surface area contributed by atoms with Gasteiger partial charge in [0.25, 0.3) is 0 Å². The molecular weight excluding hydrogens is 244 g/mol. The highest BCUT2D eigenvalue weighted by molar-refractivity contribution is 6.01. The summed E-state index contributed by atoms with van der Waals surface area (Å²) in [5.74, 6) is 0.966. The van der Waals surface area contributed by atoms with E-state index in [-0.39, 0.29) is 11.3 Å². The molecule has 3 unspecified atom stereocenters. The van der Waals surface area contributed by atoms with Crippen molar-refractivity contribution in [1.82, 2.24) is 0 Å². The summed E-state index contributed by atoms with van der Waals surface area (Å²) in [6, 6.07) is 10.7. The second-order valence-electron chi connectivity index (χ2n) is 6.00. The SMILES string of the molecule is CCC1CC2C(=CC=CC2(CC)c2ccccc2)C1=O. The highest BCUT2D eigenvalue weighted by Gasteiger charge is 2.48. The van der Waals surface area contributed by atoms with E-state index in [0.29, 0.717) is 11.7 Å². The Morgan fingerprint density at radius 2 is 1.95 bits per heavy atom. The van der Waals surface area contributed by atoms with Crippen LogP contribution in [0.25, 0.3) is 0 Å². The number of allylic oxidation sites excluding steroid dienone is 4. The molecule has 3 atom stereocenters. The topological polar surface area (TPSA) is 17.1 Å². The highest BCUT2D eigenvalue weighted by Crippen LogP contribution is 2.51. The molecule has 0 heterocycles. The Kier molecular flexibility index (Phi) is 3.37. The zero-order valence-corrected chi connectivity index (χ0v) is 12.3. The van der Waals surface area contributed by atoms with E-state index in [4.69, 9.17) is 0 Å². The molecule has 2 aliphatic rings. The summed E-state index contributed by atoms with van der Waals surface area (Å²) in [4.78, 5) is 12.5. The first-order valence-electron chi connectivity index (χ1n) is 7.72. The van der Waals surface area contributed by atoms with Crippen molar-refractivity contribution in [3.63, 3.8) is 0 Å². The van der Waals surface area contributed by atoms with Crippen LogP contribution in [0.3, 0.4) is 0 Å². The fourth-order valence-corrected chi connectivity index (χ4v) is 4.02. The van der Waals surface area contributed by atoms with E-state index < -0.39 is 0 Å². The Balaban J connectivity index is 2.08. The van der Waals surface area contributed by atoms with Crippen LogP contribution < -0.4 is 0 Å². The van der Waals surface area contributed by atoms with E-state index in [9.17, 15) is 4.79 Å². The molecule has 0 aromatic heterocycles. The van der Waals surface area contributed by atoms with Crippen LogP contribution in [0.15, 0.2) is 54.1 Å². The minimum absolute atomic E-state index is 0.00488. The van der Waals surface area contributed by atoms with Crippen LogP contribution >= 0.6 is 0 Å². The molecule has 1 aromatic rings. The normalized spacial score (nSPS) is 32.1. The standard InChI is InChI=1S/C19H22O/c1-3-14-13-17-16(18(14)20)11-8-12-19(17,4-2)15-9-6-5-7-10-15/h5-12,14,17H,3-4,13H2,1-2H3. The van der Waals surface area contributed by atoms with Gasteiger partial charge in [-0.05, 0) is 30.4 Å². The predicted molar refractivity (Wildman–Crippen MR) is 82.5 cm³/mol. The quantitative estimate of drug-likeness (QED) is 0.790. The number of ketones is 1. The number of benzene rings is 1. The molecule has 1 heteroatoms. The maximum atomic E-state index is 12.5. The molecule has 1 fully saturated rings. The third kappa shape index (κ3) is 1.80. The Morgan fingerprint density at radius 3 is 2.60 bits per heavy atom. The summed E-state index contributed by atoms with van der Waals surface area (Å²) in [5, 5.41) is 0. The summed E-state index contributed by atoms with van der Waals surface area (Å²) in [7, 11) is 0. The fraction of sp³-hybridized carbons (Fsp3) is 0.421. The molecule has 0 N–H and O–H groups in total. The maximum absolute atomic E-state index is 12.5. The fourth-order valence-electron chi connectivity index (χ4n) is 4.02. The van der Waals surface area contributed by atoms with Crippen LogP contribution in [0.2, 0.25) is 0 Å². The first-order valence-corrected chi connectivity index (χ1v) is 7.72. The molecule has 104 valence electrons. The Hall–Kier alpha value is -1.63. The minimum atomic E-state index is 0.00488. The number of fused-ring (bicyclic) bond motifs is 1. The molecule has 0 radical (unpaired) electrons. The number of carbonyl (C=O) groups is 1. The van der Waals surface area contributed by atoms with Crippen LogP contribution in [0.5, 0.6) is 0 Å². The minimum Gasteiger partial charge on any atom is -0.294 e. The lowest BCUT2D eigenvalue weighted by molar-refractivity contribution is -0.117. The monoisotopic (exact) mass is 266 g/mol. The lowest BCUT2D eigenvalue weighted by Gasteiger charge is -2.39. The molecular formula is C19H22O. The second-order valence-corrected chi connectivity index (χ2v) is 6.00. The molecule has 1 aromatic carbocycles. The van der Waals surface area contributed by atoms with Crippen LogP contribution in [0.1, 0.15) is 38.7 Å². The van der Waals surface area contributed by atoms with E-state index in [0.717, 1.165) is 24.8 Å². The van der Waals surface area contributed by atoms with Gasteiger partial charge in [-0.2, -0.15) is 0 Å². The molecule has 3 rings (SSSR count). The van der Waals surface area contributed by atoms with E-state index >= 15 is 0 Å². The van der Waals surface area contributed by atoms with Gasteiger partial charge in [-0.3, -0.25) is 4.79 Å². The third-order valence-electron chi connectivity index (χ3n) is 5.23. The van der Waals surface area contributed by atoms with E-state index in [1.807, 2.05) is 0 Å². The van der Waals surface area contributed by atoms with Crippen molar-refractivity contribution < 1.29 is 4.79 Å². The Bertz CT molecular complexity index is 567. The van der Waals surface area contributed by atoms with Crippen molar-refractivity contribution in [2.45, 2.75) is 38.5 Å². The van der Waals surface area contributed by atoms with Gasteiger partial charge in [0, 0.05) is 17.3 Å². The Morgan fingerprint density at radius 1 is 1.20 bits per heavy atom. The number of hydrogen-bond donors (Lipinski definition) is 0. The van der Waals surface area contributed by atoms with Crippen LogP contribution in [-0.2, 0) is 10.2 Å². The van der Waals surface area contributed by atoms with Gasteiger partial charge in [0.1, 0.15) is 0 Å².